The maximum Gasteiger partial charge on any atom is 0.268 e. The van der Waals surface area contributed by atoms with E-state index in [9.17, 15) is 9.59 Å². The van der Waals surface area contributed by atoms with Gasteiger partial charge in [0.05, 0.1) is 18.2 Å². The summed E-state index contributed by atoms with van der Waals surface area (Å²) in [5.74, 6) is -0.225. The van der Waals surface area contributed by atoms with E-state index in [1.54, 1.807) is 6.92 Å². The molecule has 1 amide bonds. The van der Waals surface area contributed by atoms with Crippen molar-refractivity contribution in [3.05, 3.63) is 33.7 Å². The Labute approximate surface area is 124 Å². The summed E-state index contributed by atoms with van der Waals surface area (Å²) in [5, 5.41) is 2.99. The molecular formula is C16H22N2O3. The molecular weight excluding hydrogens is 268 g/mol. The van der Waals surface area contributed by atoms with Crippen molar-refractivity contribution in [3.8, 4) is 0 Å². The van der Waals surface area contributed by atoms with Crippen LogP contribution in [0.5, 0.6) is 0 Å². The van der Waals surface area contributed by atoms with Gasteiger partial charge in [-0.15, -0.1) is 0 Å². The summed E-state index contributed by atoms with van der Waals surface area (Å²) in [4.78, 5) is 26.6. The fraction of sp³-hybridized carbons (Fsp3) is 0.625. The first-order chi connectivity index (χ1) is 10.1. The van der Waals surface area contributed by atoms with Crippen LogP contribution in [0.4, 0.5) is 0 Å². The molecule has 1 saturated carbocycles. The minimum absolute atomic E-state index is 0.0176. The summed E-state index contributed by atoms with van der Waals surface area (Å²) in [6.45, 7) is 2.34. The van der Waals surface area contributed by atoms with Crippen molar-refractivity contribution in [2.24, 2.45) is 0 Å². The molecule has 21 heavy (non-hydrogen) atoms. The highest BCUT2D eigenvalue weighted by Gasteiger charge is 2.41. The fourth-order valence-electron chi connectivity index (χ4n) is 3.55. The van der Waals surface area contributed by atoms with E-state index >= 15 is 0 Å². The summed E-state index contributed by atoms with van der Waals surface area (Å²) in [5.41, 5.74) is 0.849. The van der Waals surface area contributed by atoms with E-state index in [1.807, 2.05) is 0 Å². The predicted octanol–water partition coefficient (Wildman–Crippen LogP) is 1.90. The molecule has 0 radical (unpaired) electrons. The minimum Gasteiger partial charge on any atom is -0.373 e. The number of nitrogens with one attached hydrogen (secondary N) is 2. The molecule has 1 aliphatic carbocycles. The second-order valence-electron chi connectivity index (χ2n) is 6.34. The lowest BCUT2D eigenvalue weighted by Gasteiger charge is -2.32. The Morgan fingerprint density at radius 1 is 1.33 bits per heavy atom. The molecule has 0 aromatic carbocycles. The molecule has 2 fully saturated rings. The van der Waals surface area contributed by atoms with E-state index in [1.165, 1.54) is 31.4 Å². The molecule has 1 spiro atoms. The van der Waals surface area contributed by atoms with Gasteiger partial charge in [0.1, 0.15) is 5.69 Å². The zero-order chi connectivity index (χ0) is 14.9. The van der Waals surface area contributed by atoms with Crippen LogP contribution in [0.25, 0.3) is 0 Å². The number of pyridine rings is 1. The number of H-pyrrole nitrogens is 1. The zero-order valence-corrected chi connectivity index (χ0v) is 12.4. The largest absolute Gasteiger partial charge is 0.373 e. The van der Waals surface area contributed by atoms with Gasteiger partial charge in [0.25, 0.3) is 5.91 Å². The minimum atomic E-state index is -0.225. The number of aromatic nitrogens is 1. The van der Waals surface area contributed by atoms with Crippen molar-refractivity contribution in [1.82, 2.24) is 10.3 Å². The summed E-state index contributed by atoms with van der Waals surface area (Å²) in [7, 11) is 0. The lowest BCUT2D eigenvalue weighted by Crippen LogP contribution is -2.38. The first-order valence-corrected chi connectivity index (χ1v) is 7.72. The predicted molar refractivity (Wildman–Crippen MR) is 79.4 cm³/mol. The molecule has 2 heterocycles. The number of rotatable bonds is 2. The molecule has 2 N–H and O–H groups in total. The molecule has 1 atom stereocenters. The lowest BCUT2D eigenvalue weighted by molar-refractivity contribution is -0.0246. The van der Waals surface area contributed by atoms with Crippen molar-refractivity contribution in [2.75, 3.05) is 6.61 Å². The van der Waals surface area contributed by atoms with Gasteiger partial charge in [-0.2, -0.15) is 0 Å². The van der Waals surface area contributed by atoms with E-state index in [4.69, 9.17) is 4.74 Å². The summed E-state index contributed by atoms with van der Waals surface area (Å²) < 4.78 is 5.99. The summed E-state index contributed by atoms with van der Waals surface area (Å²) in [6.07, 6.45) is 6.79. The van der Waals surface area contributed by atoms with E-state index in [2.05, 4.69) is 10.3 Å². The third-order valence-electron chi connectivity index (χ3n) is 4.53. The number of ether oxygens (including phenoxy) is 1. The average Bonchev–Trinajstić information content (AvgIpc) is 2.81. The van der Waals surface area contributed by atoms with Crippen molar-refractivity contribution >= 4 is 5.91 Å². The van der Waals surface area contributed by atoms with Gasteiger partial charge in [-0.1, -0.05) is 19.3 Å². The van der Waals surface area contributed by atoms with Crippen LogP contribution in [-0.4, -0.2) is 29.1 Å². The van der Waals surface area contributed by atoms with Gasteiger partial charge in [-0.25, -0.2) is 0 Å². The molecule has 0 unspecified atom stereocenters. The second-order valence-corrected chi connectivity index (χ2v) is 6.34. The van der Waals surface area contributed by atoms with Crippen LogP contribution in [0, 0.1) is 6.92 Å². The van der Waals surface area contributed by atoms with Crippen molar-refractivity contribution < 1.29 is 9.53 Å². The van der Waals surface area contributed by atoms with Crippen LogP contribution in [0.1, 0.15) is 54.7 Å². The molecule has 1 aromatic heterocycles. The van der Waals surface area contributed by atoms with Crippen LogP contribution < -0.4 is 10.7 Å². The monoisotopic (exact) mass is 290 g/mol. The number of carbonyl (C=O) groups is 1. The number of aromatic amines is 1. The molecule has 1 saturated heterocycles. The first-order valence-electron chi connectivity index (χ1n) is 7.72. The Hall–Kier alpha value is -1.62. The van der Waals surface area contributed by atoms with Gasteiger partial charge < -0.3 is 15.0 Å². The highest BCUT2D eigenvalue weighted by Crippen LogP contribution is 2.39. The molecule has 5 heteroatoms. The number of aryl methyl sites for hydroxylation is 1. The fourth-order valence-corrected chi connectivity index (χ4v) is 3.55. The maximum atomic E-state index is 12.2. The molecule has 3 rings (SSSR count). The SMILES string of the molecule is Cc1cc(=O)cc(C(=O)N[C@H]2COC3(CCCCC3)C2)[nH]1. The number of hydrogen-bond donors (Lipinski definition) is 2. The van der Waals surface area contributed by atoms with Crippen molar-refractivity contribution in [3.63, 3.8) is 0 Å². The van der Waals surface area contributed by atoms with E-state index < -0.39 is 0 Å². The van der Waals surface area contributed by atoms with Gasteiger partial charge in [-0.05, 0) is 26.2 Å². The van der Waals surface area contributed by atoms with E-state index in [0.717, 1.165) is 19.3 Å². The van der Waals surface area contributed by atoms with Crippen LogP contribution in [0.3, 0.4) is 0 Å². The van der Waals surface area contributed by atoms with Crippen molar-refractivity contribution in [1.29, 1.82) is 0 Å². The van der Waals surface area contributed by atoms with Gasteiger partial charge in [0.2, 0.25) is 0 Å². The van der Waals surface area contributed by atoms with E-state index in [-0.39, 0.29) is 23.0 Å². The van der Waals surface area contributed by atoms with Gasteiger partial charge in [0.15, 0.2) is 5.43 Å². The third kappa shape index (κ3) is 3.18. The Balaban J connectivity index is 1.64. The first kappa shape index (κ1) is 14.3. The lowest BCUT2D eigenvalue weighted by atomic mass is 9.82. The maximum absolute atomic E-state index is 12.2. The van der Waals surface area contributed by atoms with Gasteiger partial charge >= 0.3 is 0 Å². The molecule has 0 bridgehead atoms. The summed E-state index contributed by atoms with van der Waals surface area (Å²) >= 11 is 0. The van der Waals surface area contributed by atoms with Crippen LogP contribution in [-0.2, 0) is 4.74 Å². The molecule has 5 nitrogen and oxygen atoms in total. The molecule has 114 valence electrons. The second kappa shape index (κ2) is 5.64. The number of amides is 1. The van der Waals surface area contributed by atoms with Crippen molar-refractivity contribution in [2.45, 2.75) is 57.1 Å². The molecule has 2 aliphatic rings. The Morgan fingerprint density at radius 3 is 2.81 bits per heavy atom. The molecule has 1 aliphatic heterocycles. The Bertz CT molecular complexity index is 587. The highest BCUT2D eigenvalue weighted by atomic mass is 16.5. The van der Waals surface area contributed by atoms with Crippen LogP contribution in [0.15, 0.2) is 16.9 Å². The highest BCUT2D eigenvalue weighted by molar-refractivity contribution is 5.92. The number of carbonyl (C=O) groups excluding carboxylic acids is 1. The zero-order valence-electron chi connectivity index (χ0n) is 12.4. The Kier molecular flexibility index (Phi) is 3.85. The smallest absolute Gasteiger partial charge is 0.268 e. The molecule has 1 aromatic rings. The number of hydrogen-bond acceptors (Lipinski definition) is 3. The normalized spacial score (nSPS) is 24.1. The summed E-state index contributed by atoms with van der Waals surface area (Å²) in [6, 6.07) is 2.86. The average molecular weight is 290 g/mol. The van der Waals surface area contributed by atoms with Gasteiger partial charge in [-0.3, -0.25) is 9.59 Å². The standard InChI is InChI=1S/C16H22N2O3/c1-11-7-13(19)8-14(17-11)15(20)18-12-9-16(21-10-12)5-3-2-4-6-16/h7-8,12H,2-6,9-10H2,1H3,(H,17,19)(H,18,20)/t12-/m1/s1. The van der Waals surface area contributed by atoms with Crippen LogP contribution in [0.2, 0.25) is 0 Å². The Morgan fingerprint density at radius 2 is 2.10 bits per heavy atom. The third-order valence-corrected chi connectivity index (χ3v) is 4.53. The van der Waals surface area contributed by atoms with E-state index in [0.29, 0.717) is 18.0 Å². The van der Waals surface area contributed by atoms with Crippen LogP contribution >= 0.6 is 0 Å². The topological polar surface area (TPSA) is 71.2 Å². The quantitative estimate of drug-likeness (QED) is 0.874. The van der Waals surface area contributed by atoms with Gasteiger partial charge in [0, 0.05) is 17.8 Å².